The van der Waals surface area contributed by atoms with Crippen LogP contribution in [-0.4, -0.2) is 16.6 Å². The van der Waals surface area contributed by atoms with Crippen LogP contribution in [0.2, 0.25) is 0 Å². The van der Waals surface area contributed by atoms with E-state index in [9.17, 15) is 4.79 Å². The van der Waals surface area contributed by atoms with Crippen LogP contribution in [-0.2, 0) is 0 Å². The molecule has 6 heteroatoms. The molecule has 0 aliphatic heterocycles. The van der Waals surface area contributed by atoms with Crippen LogP contribution in [0.4, 0.5) is 0 Å². The minimum Gasteiger partial charge on any atom is -0.492 e. The van der Waals surface area contributed by atoms with Crippen LogP contribution in [0.3, 0.4) is 0 Å². The molecule has 0 aliphatic rings. The highest BCUT2D eigenvalue weighted by Crippen LogP contribution is 2.18. The zero-order chi connectivity index (χ0) is 13.9. The van der Waals surface area contributed by atoms with Crippen molar-refractivity contribution in [2.75, 3.05) is 6.61 Å². The molecular formula is C15H16ClN3O2. The van der Waals surface area contributed by atoms with Crippen molar-refractivity contribution in [3.8, 4) is 5.75 Å². The fourth-order valence-electron chi connectivity index (χ4n) is 2.08. The van der Waals surface area contributed by atoms with Crippen molar-refractivity contribution in [2.24, 2.45) is 5.73 Å². The molecule has 1 aromatic heterocycles. The summed E-state index contributed by atoms with van der Waals surface area (Å²) in [7, 11) is 0. The van der Waals surface area contributed by atoms with E-state index < -0.39 is 0 Å². The Labute approximate surface area is 127 Å². The maximum atomic E-state index is 11.2. The average molecular weight is 306 g/mol. The molecule has 0 aliphatic carbocycles. The lowest BCUT2D eigenvalue weighted by atomic mass is 10.1. The van der Waals surface area contributed by atoms with Crippen molar-refractivity contribution >= 4 is 23.4 Å². The minimum atomic E-state index is -0.224. The third-order valence-electron chi connectivity index (χ3n) is 3.14. The molecule has 0 amide bonds. The molecule has 0 spiro atoms. The number of H-pyrrole nitrogens is 2. The van der Waals surface area contributed by atoms with Gasteiger partial charge in [0.15, 0.2) is 0 Å². The van der Waals surface area contributed by atoms with E-state index in [0.717, 1.165) is 16.6 Å². The maximum absolute atomic E-state index is 11.2. The van der Waals surface area contributed by atoms with Crippen molar-refractivity contribution in [1.82, 2.24) is 9.97 Å². The maximum Gasteiger partial charge on any atom is 0.323 e. The van der Waals surface area contributed by atoms with Crippen LogP contribution in [0, 0.1) is 0 Å². The normalized spacial score (nSPS) is 11.9. The average Bonchev–Trinajstić information content (AvgIpc) is 2.85. The van der Waals surface area contributed by atoms with E-state index in [4.69, 9.17) is 10.5 Å². The molecule has 0 bridgehead atoms. The molecule has 0 saturated carbocycles. The lowest BCUT2D eigenvalue weighted by Crippen LogP contribution is -2.18. The molecule has 1 atom stereocenters. The van der Waals surface area contributed by atoms with Gasteiger partial charge in [0.2, 0.25) is 0 Å². The van der Waals surface area contributed by atoms with Crippen molar-refractivity contribution in [3.63, 3.8) is 0 Å². The van der Waals surface area contributed by atoms with Gasteiger partial charge in [-0.3, -0.25) is 0 Å². The first kappa shape index (κ1) is 15.2. The minimum absolute atomic E-state index is 0. The van der Waals surface area contributed by atoms with E-state index in [1.54, 1.807) is 12.1 Å². The first-order valence-electron chi connectivity index (χ1n) is 6.38. The molecule has 0 saturated heterocycles. The quantitative estimate of drug-likeness (QED) is 0.692. The molecule has 3 aromatic rings. The Morgan fingerprint density at radius 2 is 1.76 bits per heavy atom. The highest BCUT2D eigenvalue weighted by atomic mass is 35.5. The molecule has 2 aromatic carbocycles. The monoisotopic (exact) mass is 305 g/mol. The van der Waals surface area contributed by atoms with Crippen LogP contribution in [0.5, 0.6) is 5.75 Å². The summed E-state index contributed by atoms with van der Waals surface area (Å²) in [6, 6.07) is 15.0. The van der Waals surface area contributed by atoms with Crippen LogP contribution < -0.4 is 16.2 Å². The van der Waals surface area contributed by atoms with E-state index >= 15 is 0 Å². The van der Waals surface area contributed by atoms with E-state index in [1.807, 2.05) is 36.4 Å². The summed E-state index contributed by atoms with van der Waals surface area (Å²) in [4.78, 5) is 16.6. The summed E-state index contributed by atoms with van der Waals surface area (Å²) < 4.78 is 5.68. The second-order valence-corrected chi connectivity index (χ2v) is 4.61. The van der Waals surface area contributed by atoms with Crippen LogP contribution in [0.15, 0.2) is 53.3 Å². The largest absolute Gasteiger partial charge is 0.492 e. The number of aromatic amines is 2. The Balaban J connectivity index is 0.00000161. The van der Waals surface area contributed by atoms with Gasteiger partial charge in [-0.2, -0.15) is 0 Å². The van der Waals surface area contributed by atoms with E-state index in [1.165, 1.54) is 0 Å². The van der Waals surface area contributed by atoms with Crippen molar-refractivity contribution in [3.05, 3.63) is 64.6 Å². The third-order valence-corrected chi connectivity index (χ3v) is 3.14. The Bertz CT molecular complexity index is 767. The van der Waals surface area contributed by atoms with Gasteiger partial charge in [0.1, 0.15) is 12.4 Å². The van der Waals surface area contributed by atoms with Crippen molar-refractivity contribution < 1.29 is 4.74 Å². The lowest BCUT2D eigenvalue weighted by molar-refractivity contribution is 0.291. The Hall–Kier alpha value is -2.24. The van der Waals surface area contributed by atoms with Gasteiger partial charge in [0.05, 0.1) is 17.1 Å². The highest BCUT2D eigenvalue weighted by molar-refractivity contribution is 5.85. The molecule has 5 nitrogen and oxygen atoms in total. The van der Waals surface area contributed by atoms with Crippen molar-refractivity contribution in [2.45, 2.75) is 6.04 Å². The summed E-state index contributed by atoms with van der Waals surface area (Å²) in [5.41, 5.74) is 8.36. The van der Waals surface area contributed by atoms with Gasteiger partial charge in [0.25, 0.3) is 0 Å². The SMILES string of the molecule is Cl.N[C@@H](COc1ccc2[nH]c(=O)[nH]c2c1)c1ccccc1. The zero-order valence-corrected chi connectivity index (χ0v) is 12.0. The van der Waals surface area contributed by atoms with Gasteiger partial charge < -0.3 is 20.4 Å². The number of fused-ring (bicyclic) bond motifs is 1. The van der Waals surface area contributed by atoms with E-state index in [2.05, 4.69) is 9.97 Å². The summed E-state index contributed by atoms with van der Waals surface area (Å²) >= 11 is 0. The van der Waals surface area contributed by atoms with Gasteiger partial charge in [0, 0.05) is 6.07 Å². The van der Waals surface area contributed by atoms with E-state index in [0.29, 0.717) is 12.4 Å². The van der Waals surface area contributed by atoms with Gasteiger partial charge in [-0.05, 0) is 17.7 Å². The molecule has 0 fully saturated rings. The van der Waals surface area contributed by atoms with E-state index in [-0.39, 0.29) is 24.1 Å². The van der Waals surface area contributed by atoms with Gasteiger partial charge >= 0.3 is 5.69 Å². The lowest BCUT2D eigenvalue weighted by Gasteiger charge is -2.13. The number of benzene rings is 2. The summed E-state index contributed by atoms with van der Waals surface area (Å²) in [6.07, 6.45) is 0. The molecule has 110 valence electrons. The second-order valence-electron chi connectivity index (χ2n) is 4.61. The number of rotatable bonds is 4. The van der Waals surface area contributed by atoms with Gasteiger partial charge in [-0.1, -0.05) is 30.3 Å². The number of nitrogens with one attached hydrogen (secondary N) is 2. The molecule has 0 radical (unpaired) electrons. The number of hydrogen-bond donors (Lipinski definition) is 3. The molecule has 21 heavy (non-hydrogen) atoms. The van der Waals surface area contributed by atoms with Gasteiger partial charge in [-0.25, -0.2) is 4.79 Å². The first-order chi connectivity index (χ1) is 9.72. The molecular weight excluding hydrogens is 290 g/mol. The third kappa shape index (κ3) is 3.45. The number of nitrogens with two attached hydrogens (primary N) is 1. The van der Waals surface area contributed by atoms with Crippen LogP contribution >= 0.6 is 12.4 Å². The van der Waals surface area contributed by atoms with Crippen LogP contribution in [0.1, 0.15) is 11.6 Å². The zero-order valence-electron chi connectivity index (χ0n) is 11.2. The number of hydrogen-bond acceptors (Lipinski definition) is 3. The molecule has 0 unspecified atom stereocenters. The number of halogens is 1. The summed E-state index contributed by atoms with van der Waals surface area (Å²) in [5, 5.41) is 0. The summed E-state index contributed by atoms with van der Waals surface area (Å²) in [6.45, 7) is 0.379. The predicted octanol–water partition coefficient (Wildman–Crippen LogP) is 2.36. The Morgan fingerprint density at radius 3 is 2.52 bits per heavy atom. The molecule has 4 N–H and O–H groups in total. The second kappa shape index (κ2) is 6.47. The Morgan fingerprint density at radius 1 is 1.05 bits per heavy atom. The highest BCUT2D eigenvalue weighted by Gasteiger charge is 2.07. The molecule has 3 rings (SSSR count). The van der Waals surface area contributed by atoms with Crippen LogP contribution in [0.25, 0.3) is 11.0 Å². The summed E-state index contributed by atoms with van der Waals surface area (Å²) in [5.74, 6) is 0.680. The number of aromatic nitrogens is 2. The topological polar surface area (TPSA) is 83.9 Å². The predicted molar refractivity (Wildman–Crippen MR) is 85.0 cm³/mol. The first-order valence-corrected chi connectivity index (χ1v) is 6.38. The fraction of sp³-hybridized carbons (Fsp3) is 0.133. The van der Waals surface area contributed by atoms with Gasteiger partial charge in [-0.15, -0.1) is 12.4 Å². The smallest absolute Gasteiger partial charge is 0.323 e. The Kier molecular flexibility index (Phi) is 4.67. The number of ether oxygens (including phenoxy) is 1. The van der Waals surface area contributed by atoms with Crippen molar-refractivity contribution in [1.29, 1.82) is 0 Å². The molecule has 1 heterocycles. The number of imidazole rings is 1. The fourth-order valence-corrected chi connectivity index (χ4v) is 2.08. The standard InChI is InChI=1S/C15H15N3O2.ClH/c16-12(10-4-2-1-3-5-10)9-20-11-6-7-13-14(8-11)18-15(19)17-13;/h1-8,12H,9,16H2,(H2,17,18,19);1H/t12-;/m0./s1.